The van der Waals surface area contributed by atoms with Crippen LogP contribution in [0.25, 0.3) is 0 Å². The van der Waals surface area contributed by atoms with E-state index >= 15 is 0 Å². The van der Waals surface area contributed by atoms with E-state index in [1.807, 2.05) is 23.1 Å². The van der Waals surface area contributed by atoms with Gasteiger partial charge < -0.3 is 14.8 Å². The molecule has 0 radical (unpaired) electrons. The Morgan fingerprint density at radius 2 is 2.32 bits per heavy atom. The summed E-state index contributed by atoms with van der Waals surface area (Å²) in [6, 6.07) is 5.04. The number of nitrogens with zero attached hydrogens (tertiary/aromatic N) is 1. The summed E-state index contributed by atoms with van der Waals surface area (Å²) < 4.78 is 10.9. The van der Waals surface area contributed by atoms with E-state index in [0.29, 0.717) is 37.7 Å². The average Bonchev–Trinajstić information content (AvgIpc) is 2.63. The Hall–Kier alpha value is -2.58. The standard InChI is InChI=1S/C17H24N4O4/c1-3-8-25-14-5-4-12(9-15(14)24-2)11-21-7-6-19-17(23)13(21)10-16(22)20-18/h3-5,9,13H,1,6-8,10-11,18H2,2H3,(H,19,23)(H,20,22). The molecule has 1 aliphatic rings. The van der Waals surface area contributed by atoms with Crippen molar-refractivity contribution in [3.8, 4) is 11.5 Å². The van der Waals surface area contributed by atoms with Crippen LogP contribution in [0.1, 0.15) is 12.0 Å². The van der Waals surface area contributed by atoms with E-state index in [2.05, 4.69) is 17.3 Å². The molecule has 2 amide bonds. The number of nitrogens with two attached hydrogens (primary N) is 1. The fraction of sp³-hybridized carbons (Fsp3) is 0.412. The van der Waals surface area contributed by atoms with Gasteiger partial charge >= 0.3 is 0 Å². The van der Waals surface area contributed by atoms with Gasteiger partial charge in [-0.3, -0.25) is 19.9 Å². The van der Waals surface area contributed by atoms with Gasteiger partial charge in [-0.2, -0.15) is 0 Å². The van der Waals surface area contributed by atoms with Crippen LogP contribution >= 0.6 is 0 Å². The van der Waals surface area contributed by atoms with Crippen molar-refractivity contribution < 1.29 is 19.1 Å². The highest BCUT2D eigenvalue weighted by molar-refractivity contribution is 5.88. The van der Waals surface area contributed by atoms with Crippen LogP contribution < -0.4 is 26.1 Å². The summed E-state index contributed by atoms with van der Waals surface area (Å²) in [5.74, 6) is 5.82. The molecule has 1 atom stereocenters. The van der Waals surface area contributed by atoms with E-state index in [9.17, 15) is 9.59 Å². The van der Waals surface area contributed by atoms with Gasteiger partial charge in [-0.15, -0.1) is 0 Å². The Morgan fingerprint density at radius 1 is 1.52 bits per heavy atom. The predicted molar refractivity (Wildman–Crippen MR) is 92.8 cm³/mol. The molecule has 2 rings (SSSR count). The van der Waals surface area contributed by atoms with Crippen molar-refractivity contribution in [1.82, 2.24) is 15.6 Å². The SMILES string of the molecule is C=CCOc1ccc(CN2CCNC(=O)C2CC(=O)NN)cc1OC. The Balaban J connectivity index is 2.13. The minimum Gasteiger partial charge on any atom is -0.493 e. The molecule has 0 bridgehead atoms. The molecule has 0 spiro atoms. The number of carbonyl (C=O) groups excluding carboxylic acids is 2. The highest BCUT2D eigenvalue weighted by Crippen LogP contribution is 2.29. The van der Waals surface area contributed by atoms with Gasteiger partial charge in [0.1, 0.15) is 6.61 Å². The lowest BCUT2D eigenvalue weighted by Crippen LogP contribution is -2.56. The zero-order chi connectivity index (χ0) is 18.2. The molecule has 8 heteroatoms. The maximum absolute atomic E-state index is 12.1. The van der Waals surface area contributed by atoms with Crippen LogP contribution in [0.4, 0.5) is 0 Å². The Labute approximate surface area is 146 Å². The topological polar surface area (TPSA) is 106 Å². The third kappa shape index (κ3) is 4.94. The second-order valence-electron chi connectivity index (χ2n) is 5.63. The second-order valence-corrected chi connectivity index (χ2v) is 5.63. The van der Waals surface area contributed by atoms with Crippen LogP contribution in [0.15, 0.2) is 30.9 Å². The summed E-state index contributed by atoms with van der Waals surface area (Å²) in [6.07, 6.45) is 1.67. The highest BCUT2D eigenvalue weighted by atomic mass is 16.5. The van der Waals surface area contributed by atoms with Crippen molar-refractivity contribution in [3.05, 3.63) is 36.4 Å². The summed E-state index contributed by atoms with van der Waals surface area (Å²) in [4.78, 5) is 25.6. The number of rotatable bonds is 8. The lowest BCUT2D eigenvalue weighted by Gasteiger charge is -2.34. The van der Waals surface area contributed by atoms with Gasteiger partial charge in [0.2, 0.25) is 11.8 Å². The summed E-state index contributed by atoms with van der Waals surface area (Å²) in [6.45, 7) is 5.70. The Kier molecular flexibility index (Phi) is 6.79. The lowest BCUT2D eigenvalue weighted by atomic mass is 10.1. The molecule has 1 saturated heterocycles. The van der Waals surface area contributed by atoms with E-state index in [4.69, 9.17) is 15.3 Å². The van der Waals surface area contributed by atoms with Gasteiger partial charge in [-0.05, 0) is 17.7 Å². The van der Waals surface area contributed by atoms with Crippen molar-refractivity contribution in [1.29, 1.82) is 0 Å². The monoisotopic (exact) mass is 348 g/mol. The predicted octanol–water partition coefficient (Wildman–Crippen LogP) is -0.0596. The number of methoxy groups -OCH3 is 1. The van der Waals surface area contributed by atoms with E-state index in [0.717, 1.165) is 5.56 Å². The largest absolute Gasteiger partial charge is 0.493 e. The average molecular weight is 348 g/mol. The van der Waals surface area contributed by atoms with Crippen molar-refractivity contribution in [2.75, 3.05) is 26.8 Å². The molecule has 0 saturated carbocycles. The second kappa shape index (κ2) is 9.05. The third-order valence-electron chi connectivity index (χ3n) is 3.95. The van der Waals surface area contributed by atoms with Crippen LogP contribution in [-0.2, 0) is 16.1 Å². The molecule has 1 unspecified atom stereocenters. The fourth-order valence-corrected chi connectivity index (χ4v) is 2.72. The quantitative estimate of drug-likeness (QED) is 0.263. The van der Waals surface area contributed by atoms with E-state index in [1.165, 1.54) is 0 Å². The number of hydrogen-bond donors (Lipinski definition) is 3. The number of amides is 2. The summed E-state index contributed by atoms with van der Waals surface area (Å²) >= 11 is 0. The van der Waals surface area contributed by atoms with Gasteiger partial charge in [0.15, 0.2) is 11.5 Å². The first-order chi connectivity index (χ1) is 12.1. The van der Waals surface area contributed by atoms with Crippen LogP contribution in [-0.4, -0.2) is 49.6 Å². The number of ether oxygens (including phenoxy) is 2. The zero-order valence-electron chi connectivity index (χ0n) is 14.3. The van der Waals surface area contributed by atoms with Crippen LogP contribution in [0.5, 0.6) is 11.5 Å². The Morgan fingerprint density at radius 3 is 3.00 bits per heavy atom. The number of benzene rings is 1. The molecule has 1 aliphatic heterocycles. The number of hydrogen-bond acceptors (Lipinski definition) is 6. The maximum atomic E-state index is 12.1. The first-order valence-corrected chi connectivity index (χ1v) is 8.00. The van der Waals surface area contributed by atoms with Crippen molar-refractivity contribution >= 4 is 11.8 Å². The van der Waals surface area contributed by atoms with E-state index in [-0.39, 0.29) is 18.2 Å². The molecule has 0 aromatic heterocycles. The first-order valence-electron chi connectivity index (χ1n) is 8.00. The van der Waals surface area contributed by atoms with Crippen molar-refractivity contribution in [2.45, 2.75) is 19.0 Å². The van der Waals surface area contributed by atoms with E-state index < -0.39 is 6.04 Å². The smallest absolute Gasteiger partial charge is 0.237 e. The summed E-state index contributed by atoms with van der Waals surface area (Å²) in [7, 11) is 1.57. The summed E-state index contributed by atoms with van der Waals surface area (Å²) in [5.41, 5.74) is 3.03. The molecule has 1 aromatic rings. The molecular formula is C17H24N4O4. The first kappa shape index (κ1) is 18.8. The minimum atomic E-state index is -0.556. The van der Waals surface area contributed by atoms with Crippen LogP contribution in [0.3, 0.4) is 0 Å². The van der Waals surface area contributed by atoms with Gasteiger partial charge in [-0.25, -0.2) is 5.84 Å². The van der Waals surface area contributed by atoms with Gasteiger partial charge in [0.25, 0.3) is 0 Å². The number of hydrazine groups is 1. The number of piperazine rings is 1. The summed E-state index contributed by atoms with van der Waals surface area (Å²) in [5, 5.41) is 2.78. The molecular weight excluding hydrogens is 324 g/mol. The molecule has 8 nitrogen and oxygen atoms in total. The molecule has 4 N–H and O–H groups in total. The normalized spacial score (nSPS) is 17.5. The third-order valence-corrected chi connectivity index (χ3v) is 3.95. The number of carbonyl (C=O) groups is 2. The highest BCUT2D eigenvalue weighted by Gasteiger charge is 2.31. The van der Waals surface area contributed by atoms with Crippen molar-refractivity contribution in [3.63, 3.8) is 0 Å². The maximum Gasteiger partial charge on any atom is 0.237 e. The number of nitrogens with one attached hydrogen (secondary N) is 2. The molecule has 25 heavy (non-hydrogen) atoms. The fourth-order valence-electron chi connectivity index (χ4n) is 2.72. The van der Waals surface area contributed by atoms with Gasteiger partial charge in [-0.1, -0.05) is 18.7 Å². The van der Waals surface area contributed by atoms with Gasteiger partial charge in [0, 0.05) is 19.6 Å². The molecule has 0 aliphatic carbocycles. The zero-order valence-corrected chi connectivity index (χ0v) is 14.3. The molecule has 136 valence electrons. The van der Waals surface area contributed by atoms with Crippen LogP contribution in [0, 0.1) is 0 Å². The molecule has 1 fully saturated rings. The van der Waals surface area contributed by atoms with E-state index in [1.54, 1.807) is 13.2 Å². The Bertz CT molecular complexity index is 635. The minimum absolute atomic E-state index is 0.0139. The van der Waals surface area contributed by atoms with Gasteiger partial charge in [0.05, 0.1) is 19.6 Å². The van der Waals surface area contributed by atoms with Crippen molar-refractivity contribution in [2.24, 2.45) is 5.84 Å². The molecule has 1 aromatic carbocycles. The van der Waals surface area contributed by atoms with Crippen LogP contribution in [0.2, 0.25) is 0 Å². The lowest BCUT2D eigenvalue weighted by molar-refractivity contribution is -0.134. The molecule has 1 heterocycles.